The van der Waals surface area contributed by atoms with Crippen LogP contribution < -0.4 is 11.1 Å². The zero-order chi connectivity index (χ0) is 21.1. The fraction of sp³-hybridized carbons (Fsp3) is 0.304. The SMILES string of the molecule is NC(=O)c1c(-c2ccc(Cl)cc2C(=O)NCC2CCCCC2)nnc2ccccc12. The predicted molar refractivity (Wildman–Crippen MR) is 117 cm³/mol. The molecule has 1 heterocycles. The van der Waals surface area contributed by atoms with E-state index < -0.39 is 5.91 Å². The molecule has 0 saturated heterocycles. The molecule has 6 nitrogen and oxygen atoms in total. The minimum absolute atomic E-state index is 0.240. The highest BCUT2D eigenvalue weighted by atomic mass is 35.5. The van der Waals surface area contributed by atoms with Gasteiger partial charge in [-0.25, -0.2) is 0 Å². The number of nitrogens with one attached hydrogen (secondary N) is 1. The van der Waals surface area contributed by atoms with Crippen LogP contribution in [0.15, 0.2) is 42.5 Å². The molecule has 7 heteroatoms. The average molecular weight is 423 g/mol. The Labute approximate surface area is 179 Å². The Morgan fingerprint density at radius 2 is 1.83 bits per heavy atom. The number of nitrogens with two attached hydrogens (primary N) is 1. The summed E-state index contributed by atoms with van der Waals surface area (Å²) in [5, 5.41) is 12.5. The van der Waals surface area contributed by atoms with Gasteiger partial charge in [0.25, 0.3) is 11.8 Å². The summed E-state index contributed by atoms with van der Waals surface area (Å²) in [6, 6.07) is 12.1. The maximum atomic E-state index is 13.0. The Balaban J connectivity index is 1.74. The summed E-state index contributed by atoms with van der Waals surface area (Å²) in [7, 11) is 0. The molecule has 0 unspecified atom stereocenters. The van der Waals surface area contributed by atoms with Gasteiger partial charge in [0.1, 0.15) is 5.69 Å². The van der Waals surface area contributed by atoms with E-state index in [-0.39, 0.29) is 17.2 Å². The quantitative estimate of drug-likeness (QED) is 0.638. The molecule has 0 radical (unpaired) electrons. The summed E-state index contributed by atoms with van der Waals surface area (Å²) < 4.78 is 0. The number of hydrogen-bond acceptors (Lipinski definition) is 4. The Morgan fingerprint density at radius 3 is 2.60 bits per heavy atom. The lowest BCUT2D eigenvalue weighted by Crippen LogP contribution is -2.30. The molecule has 0 atom stereocenters. The van der Waals surface area contributed by atoms with E-state index in [9.17, 15) is 9.59 Å². The lowest BCUT2D eigenvalue weighted by Gasteiger charge is -2.22. The van der Waals surface area contributed by atoms with Gasteiger partial charge in [0.05, 0.1) is 16.6 Å². The second-order valence-corrected chi connectivity index (χ2v) is 8.15. The number of halogens is 1. The maximum Gasteiger partial charge on any atom is 0.252 e. The summed E-state index contributed by atoms with van der Waals surface area (Å²) in [4.78, 5) is 25.4. The first-order valence-corrected chi connectivity index (χ1v) is 10.6. The van der Waals surface area contributed by atoms with Crippen molar-refractivity contribution in [3.63, 3.8) is 0 Å². The van der Waals surface area contributed by atoms with Crippen molar-refractivity contribution in [1.82, 2.24) is 15.5 Å². The van der Waals surface area contributed by atoms with Crippen molar-refractivity contribution in [3.05, 3.63) is 58.6 Å². The number of benzene rings is 2. The van der Waals surface area contributed by atoms with E-state index in [2.05, 4.69) is 15.5 Å². The maximum absolute atomic E-state index is 13.0. The molecule has 3 aromatic rings. The molecule has 154 valence electrons. The molecule has 1 aliphatic carbocycles. The Morgan fingerprint density at radius 1 is 1.07 bits per heavy atom. The Kier molecular flexibility index (Phi) is 5.95. The third-order valence-electron chi connectivity index (χ3n) is 5.67. The van der Waals surface area contributed by atoms with Crippen LogP contribution in [0.3, 0.4) is 0 Å². The van der Waals surface area contributed by atoms with Crippen LogP contribution in [-0.4, -0.2) is 28.6 Å². The van der Waals surface area contributed by atoms with Gasteiger partial charge >= 0.3 is 0 Å². The number of primary amides is 1. The van der Waals surface area contributed by atoms with E-state index in [1.807, 2.05) is 6.07 Å². The molecule has 1 fully saturated rings. The van der Waals surface area contributed by atoms with Gasteiger partial charge in [-0.1, -0.05) is 55.1 Å². The highest BCUT2D eigenvalue weighted by Crippen LogP contribution is 2.31. The monoisotopic (exact) mass is 422 g/mol. The summed E-state index contributed by atoms with van der Waals surface area (Å²) in [6.45, 7) is 0.622. The molecule has 1 aliphatic rings. The molecular weight excluding hydrogens is 400 g/mol. The number of carbonyl (C=O) groups excluding carboxylic acids is 2. The fourth-order valence-electron chi connectivity index (χ4n) is 4.13. The molecule has 2 aromatic carbocycles. The van der Waals surface area contributed by atoms with Crippen LogP contribution >= 0.6 is 11.6 Å². The van der Waals surface area contributed by atoms with Gasteiger partial charge in [-0.3, -0.25) is 9.59 Å². The number of carbonyl (C=O) groups is 2. The van der Waals surface area contributed by atoms with Crippen molar-refractivity contribution in [2.75, 3.05) is 6.54 Å². The molecule has 30 heavy (non-hydrogen) atoms. The average Bonchev–Trinajstić information content (AvgIpc) is 2.77. The number of nitrogens with zero attached hydrogens (tertiary/aromatic N) is 2. The van der Waals surface area contributed by atoms with Crippen LogP contribution in [0.5, 0.6) is 0 Å². The van der Waals surface area contributed by atoms with E-state index in [4.69, 9.17) is 17.3 Å². The molecule has 1 aromatic heterocycles. The molecule has 4 rings (SSSR count). The topological polar surface area (TPSA) is 98.0 Å². The summed E-state index contributed by atoms with van der Waals surface area (Å²) in [5.41, 5.74) is 7.61. The first kappa shape index (κ1) is 20.3. The van der Waals surface area contributed by atoms with Crippen LogP contribution in [0.25, 0.3) is 22.2 Å². The van der Waals surface area contributed by atoms with E-state index >= 15 is 0 Å². The van der Waals surface area contributed by atoms with E-state index in [0.29, 0.717) is 39.5 Å². The standard InChI is InChI=1S/C23H23ClN4O2/c24-15-10-11-16(18(12-15)23(30)26-13-14-6-2-1-3-7-14)21-20(22(25)29)17-8-4-5-9-19(17)27-28-21/h4-5,8-12,14H,1-3,6-7,13H2,(H2,25,29)(H,26,30). The normalized spacial score (nSPS) is 14.6. The van der Waals surface area contributed by atoms with Crippen LogP contribution in [0.4, 0.5) is 0 Å². The van der Waals surface area contributed by atoms with Crippen molar-refractivity contribution in [1.29, 1.82) is 0 Å². The smallest absolute Gasteiger partial charge is 0.252 e. The van der Waals surface area contributed by atoms with Crippen LogP contribution in [-0.2, 0) is 0 Å². The zero-order valence-corrected chi connectivity index (χ0v) is 17.3. The fourth-order valence-corrected chi connectivity index (χ4v) is 4.30. The van der Waals surface area contributed by atoms with Crippen LogP contribution in [0.2, 0.25) is 5.02 Å². The lowest BCUT2D eigenvalue weighted by atomic mass is 9.89. The number of fused-ring (bicyclic) bond motifs is 1. The Bertz CT molecular complexity index is 1110. The van der Waals surface area contributed by atoms with Crippen LogP contribution in [0, 0.1) is 5.92 Å². The summed E-state index contributed by atoms with van der Waals surface area (Å²) >= 11 is 6.19. The third-order valence-corrected chi connectivity index (χ3v) is 5.91. The molecule has 2 amide bonds. The summed E-state index contributed by atoms with van der Waals surface area (Å²) in [5.74, 6) is -0.380. The second-order valence-electron chi connectivity index (χ2n) is 7.71. The number of rotatable bonds is 5. The third kappa shape index (κ3) is 4.14. The highest BCUT2D eigenvalue weighted by molar-refractivity contribution is 6.31. The first-order chi connectivity index (χ1) is 14.5. The summed E-state index contributed by atoms with van der Waals surface area (Å²) in [6.07, 6.45) is 5.93. The van der Waals surface area contributed by atoms with Gasteiger partial charge in [0.15, 0.2) is 0 Å². The predicted octanol–water partition coefficient (Wildman–Crippen LogP) is 4.36. The van der Waals surface area contributed by atoms with Gasteiger partial charge in [-0.2, -0.15) is 0 Å². The number of amides is 2. The van der Waals surface area contributed by atoms with E-state index in [0.717, 1.165) is 12.8 Å². The van der Waals surface area contributed by atoms with Crippen molar-refractivity contribution < 1.29 is 9.59 Å². The largest absolute Gasteiger partial charge is 0.366 e. The molecule has 3 N–H and O–H groups in total. The van der Waals surface area contributed by atoms with Gasteiger partial charge < -0.3 is 11.1 Å². The Hall–Kier alpha value is -2.99. The number of aromatic nitrogens is 2. The molecule has 0 spiro atoms. The highest BCUT2D eigenvalue weighted by Gasteiger charge is 2.23. The lowest BCUT2D eigenvalue weighted by molar-refractivity contribution is 0.0942. The van der Waals surface area contributed by atoms with Crippen molar-refractivity contribution in [2.24, 2.45) is 11.7 Å². The first-order valence-electron chi connectivity index (χ1n) is 10.2. The van der Waals surface area contributed by atoms with Crippen molar-refractivity contribution in [3.8, 4) is 11.3 Å². The zero-order valence-electron chi connectivity index (χ0n) is 16.5. The van der Waals surface area contributed by atoms with Gasteiger partial charge in [0, 0.05) is 22.5 Å². The van der Waals surface area contributed by atoms with Crippen molar-refractivity contribution >= 4 is 34.3 Å². The molecular formula is C23H23ClN4O2. The van der Waals surface area contributed by atoms with Gasteiger partial charge in [0.2, 0.25) is 0 Å². The van der Waals surface area contributed by atoms with Crippen LogP contribution in [0.1, 0.15) is 52.8 Å². The van der Waals surface area contributed by atoms with Gasteiger partial charge in [-0.05, 0) is 37.0 Å². The molecule has 1 saturated carbocycles. The minimum atomic E-state index is -0.625. The minimum Gasteiger partial charge on any atom is -0.366 e. The van der Waals surface area contributed by atoms with Gasteiger partial charge in [-0.15, -0.1) is 10.2 Å². The molecule has 0 bridgehead atoms. The number of hydrogen-bond donors (Lipinski definition) is 2. The van der Waals surface area contributed by atoms with E-state index in [1.54, 1.807) is 36.4 Å². The van der Waals surface area contributed by atoms with Crippen molar-refractivity contribution in [2.45, 2.75) is 32.1 Å². The van der Waals surface area contributed by atoms with E-state index in [1.165, 1.54) is 19.3 Å². The second kappa shape index (κ2) is 8.79. The molecule has 0 aliphatic heterocycles.